The number of rotatable bonds is 5. The van der Waals surface area contributed by atoms with Gasteiger partial charge in [0.2, 0.25) is 0 Å². The summed E-state index contributed by atoms with van der Waals surface area (Å²) in [5.41, 5.74) is 4.17. The molecule has 5 aromatic rings. The summed E-state index contributed by atoms with van der Waals surface area (Å²) in [5.74, 6) is 0.389. The maximum Gasteiger partial charge on any atom is 0.271 e. The van der Waals surface area contributed by atoms with Crippen LogP contribution in [0.1, 0.15) is 24.1 Å². The van der Waals surface area contributed by atoms with Crippen LogP contribution in [0, 0.1) is 0 Å². The van der Waals surface area contributed by atoms with Crippen molar-refractivity contribution in [3.05, 3.63) is 127 Å². The molecule has 0 aliphatic carbocycles. The fourth-order valence-electron chi connectivity index (χ4n) is 4.79. The lowest BCUT2D eigenvalue weighted by Gasteiger charge is -2.25. The fraction of sp³-hybridized carbons (Fsp3) is 0.100. The lowest BCUT2D eigenvalue weighted by molar-refractivity contribution is -0.113. The van der Waals surface area contributed by atoms with Gasteiger partial charge in [-0.2, -0.15) is 0 Å². The minimum absolute atomic E-state index is 0.197. The lowest BCUT2D eigenvalue weighted by atomic mass is 9.95. The Morgan fingerprint density at radius 3 is 2.55 bits per heavy atom. The highest BCUT2D eigenvalue weighted by Gasteiger charge is 2.32. The number of anilines is 1. The largest absolute Gasteiger partial charge is 0.497 e. The van der Waals surface area contributed by atoms with Crippen molar-refractivity contribution in [3.63, 3.8) is 0 Å². The Hall–Kier alpha value is -4.69. The standard InChI is InChI=1S/C30H24N4O3S/c1-18-26(28(35)33-21-8-4-3-5-9-21)27(19-12-14-22(37-2)15-13-19)34-29(36)25(38-30(34)32-18)16-20-17-31-24-11-7-6-10-23(20)24/h3-17,27,31H,1-2H3,(H,33,35)/b25-16+/t27-/m0/s1. The predicted octanol–water partition coefficient (Wildman–Crippen LogP) is 4.36. The van der Waals surface area contributed by atoms with Gasteiger partial charge in [0, 0.05) is 28.4 Å². The van der Waals surface area contributed by atoms with Crippen LogP contribution in [0.2, 0.25) is 0 Å². The average molecular weight is 521 g/mol. The number of nitrogens with one attached hydrogen (secondary N) is 2. The SMILES string of the molecule is COc1ccc([C@H]2C(C(=O)Nc3ccccc3)=C(C)N=c3s/c(=C/c4c[nH]c5ccccc45)c(=O)n32)cc1. The number of thiazole rings is 1. The van der Waals surface area contributed by atoms with E-state index in [9.17, 15) is 9.59 Å². The molecule has 1 amide bonds. The van der Waals surface area contributed by atoms with Gasteiger partial charge in [0.1, 0.15) is 5.75 Å². The molecule has 1 atom stereocenters. The Balaban J connectivity index is 1.52. The van der Waals surface area contributed by atoms with Crippen LogP contribution in [0.3, 0.4) is 0 Å². The summed E-state index contributed by atoms with van der Waals surface area (Å²) in [4.78, 5) is 36.1. The molecule has 0 spiro atoms. The second kappa shape index (κ2) is 9.64. The molecule has 2 N–H and O–H groups in total. The summed E-state index contributed by atoms with van der Waals surface area (Å²) in [7, 11) is 1.60. The molecule has 0 fully saturated rings. The van der Waals surface area contributed by atoms with Crippen LogP contribution in [-0.2, 0) is 4.79 Å². The van der Waals surface area contributed by atoms with Crippen molar-refractivity contribution in [2.45, 2.75) is 13.0 Å². The maximum absolute atomic E-state index is 13.9. The number of carbonyl (C=O) groups is 1. The topological polar surface area (TPSA) is 88.5 Å². The van der Waals surface area contributed by atoms with E-state index in [-0.39, 0.29) is 11.5 Å². The number of methoxy groups -OCH3 is 1. The zero-order valence-corrected chi connectivity index (χ0v) is 21.6. The van der Waals surface area contributed by atoms with Crippen molar-refractivity contribution in [2.75, 3.05) is 12.4 Å². The Bertz CT molecular complexity index is 1880. The quantitative estimate of drug-likeness (QED) is 0.361. The van der Waals surface area contributed by atoms with Crippen LogP contribution in [0.15, 0.2) is 106 Å². The number of H-pyrrole nitrogens is 1. The second-order valence-electron chi connectivity index (χ2n) is 8.96. The molecule has 38 heavy (non-hydrogen) atoms. The normalized spacial score (nSPS) is 15.3. The van der Waals surface area contributed by atoms with Crippen molar-refractivity contribution in [2.24, 2.45) is 4.99 Å². The molecule has 0 saturated carbocycles. The zero-order chi connectivity index (χ0) is 26.2. The summed E-state index contributed by atoms with van der Waals surface area (Å²) in [6.07, 6.45) is 3.78. The predicted molar refractivity (Wildman–Crippen MR) is 150 cm³/mol. The Labute approximate surface area is 222 Å². The van der Waals surface area contributed by atoms with Crippen molar-refractivity contribution in [1.82, 2.24) is 9.55 Å². The van der Waals surface area contributed by atoms with E-state index < -0.39 is 6.04 Å². The summed E-state index contributed by atoms with van der Waals surface area (Å²) in [5, 5.41) is 4.00. The van der Waals surface area contributed by atoms with E-state index in [4.69, 9.17) is 9.73 Å². The lowest BCUT2D eigenvalue weighted by Crippen LogP contribution is -2.40. The Kier molecular flexibility index (Phi) is 6.01. The minimum Gasteiger partial charge on any atom is -0.497 e. The molecule has 3 aromatic carbocycles. The van der Waals surface area contributed by atoms with E-state index in [0.717, 1.165) is 22.0 Å². The minimum atomic E-state index is -0.647. The van der Waals surface area contributed by atoms with Crippen LogP contribution in [0.25, 0.3) is 17.0 Å². The number of fused-ring (bicyclic) bond motifs is 2. The first kappa shape index (κ1) is 23.7. The highest BCUT2D eigenvalue weighted by Crippen LogP contribution is 2.31. The molecular formula is C30H24N4O3S. The van der Waals surface area contributed by atoms with E-state index in [1.165, 1.54) is 11.3 Å². The number of hydrogen-bond acceptors (Lipinski definition) is 5. The number of para-hydroxylation sites is 2. The molecule has 7 nitrogen and oxygen atoms in total. The molecule has 0 bridgehead atoms. The van der Waals surface area contributed by atoms with Crippen LogP contribution < -0.4 is 24.9 Å². The number of ether oxygens (including phenoxy) is 1. The smallest absolute Gasteiger partial charge is 0.271 e. The van der Waals surface area contributed by atoms with Crippen LogP contribution in [-0.4, -0.2) is 22.6 Å². The molecule has 0 unspecified atom stereocenters. The van der Waals surface area contributed by atoms with Gasteiger partial charge in [-0.15, -0.1) is 0 Å². The highest BCUT2D eigenvalue weighted by molar-refractivity contribution is 7.07. The van der Waals surface area contributed by atoms with Crippen molar-refractivity contribution >= 4 is 39.9 Å². The monoisotopic (exact) mass is 520 g/mol. The van der Waals surface area contributed by atoms with E-state index in [1.54, 1.807) is 11.7 Å². The molecule has 6 rings (SSSR count). The molecule has 1 aliphatic heterocycles. The van der Waals surface area contributed by atoms with Gasteiger partial charge < -0.3 is 15.0 Å². The van der Waals surface area contributed by atoms with Gasteiger partial charge in [-0.25, -0.2) is 4.99 Å². The molecule has 0 saturated heterocycles. The summed E-state index contributed by atoms with van der Waals surface area (Å²) in [6, 6.07) is 24.0. The number of nitrogens with zero attached hydrogens (tertiary/aromatic N) is 2. The number of aromatic nitrogens is 2. The van der Waals surface area contributed by atoms with Gasteiger partial charge in [0.05, 0.1) is 29.0 Å². The first-order valence-electron chi connectivity index (χ1n) is 12.1. The molecule has 0 radical (unpaired) electrons. The average Bonchev–Trinajstić information content (AvgIpc) is 3.49. The number of hydrogen-bond donors (Lipinski definition) is 2. The van der Waals surface area contributed by atoms with Crippen LogP contribution in [0.4, 0.5) is 5.69 Å². The fourth-order valence-corrected chi connectivity index (χ4v) is 5.83. The van der Waals surface area contributed by atoms with E-state index >= 15 is 0 Å². The number of amides is 1. The van der Waals surface area contributed by atoms with Crippen molar-refractivity contribution in [3.8, 4) is 5.75 Å². The first-order valence-corrected chi connectivity index (χ1v) is 12.9. The number of allylic oxidation sites excluding steroid dienone is 1. The summed E-state index contributed by atoms with van der Waals surface area (Å²) < 4.78 is 7.51. The second-order valence-corrected chi connectivity index (χ2v) is 9.97. The van der Waals surface area contributed by atoms with Gasteiger partial charge in [-0.05, 0) is 48.9 Å². The van der Waals surface area contributed by atoms with Gasteiger partial charge in [0.15, 0.2) is 4.80 Å². The van der Waals surface area contributed by atoms with Gasteiger partial charge in [-0.1, -0.05) is 59.9 Å². The zero-order valence-electron chi connectivity index (χ0n) is 20.8. The molecular weight excluding hydrogens is 496 g/mol. The Morgan fingerprint density at radius 1 is 1.05 bits per heavy atom. The number of carbonyl (C=O) groups excluding carboxylic acids is 1. The third kappa shape index (κ3) is 4.14. The first-order chi connectivity index (χ1) is 18.5. The summed E-state index contributed by atoms with van der Waals surface area (Å²) >= 11 is 1.32. The van der Waals surface area contributed by atoms with Gasteiger partial charge in [-0.3, -0.25) is 14.2 Å². The van der Waals surface area contributed by atoms with Crippen molar-refractivity contribution in [1.29, 1.82) is 0 Å². The molecule has 3 heterocycles. The van der Waals surface area contributed by atoms with E-state index in [2.05, 4.69) is 10.3 Å². The summed E-state index contributed by atoms with van der Waals surface area (Å²) in [6.45, 7) is 1.81. The van der Waals surface area contributed by atoms with Crippen LogP contribution >= 0.6 is 11.3 Å². The van der Waals surface area contributed by atoms with E-state index in [1.807, 2.05) is 98.1 Å². The third-order valence-corrected chi connectivity index (χ3v) is 7.62. The van der Waals surface area contributed by atoms with Gasteiger partial charge in [0.25, 0.3) is 11.5 Å². The molecule has 188 valence electrons. The van der Waals surface area contributed by atoms with Gasteiger partial charge >= 0.3 is 0 Å². The maximum atomic E-state index is 13.9. The number of aromatic amines is 1. The number of benzene rings is 3. The van der Waals surface area contributed by atoms with Crippen LogP contribution in [0.5, 0.6) is 5.75 Å². The molecule has 2 aromatic heterocycles. The molecule has 8 heteroatoms. The van der Waals surface area contributed by atoms with Crippen molar-refractivity contribution < 1.29 is 9.53 Å². The molecule has 1 aliphatic rings. The Morgan fingerprint density at radius 2 is 1.79 bits per heavy atom. The van der Waals surface area contributed by atoms with E-state index in [0.29, 0.717) is 32.0 Å². The highest BCUT2D eigenvalue weighted by atomic mass is 32.1. The third-order valence-electron chi connectivity index (χ3n) is 6.64.